The van der Waals surface area contributed by atoms with E-state index >= 15 is 0 Å². The van der Waals surface area contributed by atoms with Gasteiger partial charge in [-0.2, -0.15) is 0 Å². The van der Waals surface area contributed by atoms with Gasteiger partial charge in [0.1, 0.15) is 0 Å². The van der Waals surface area contributed by atoms with Crippen LogP contribution in [0.5, 0.6) is 11.8 Å². The summed E-state index contributed by atoms with van der Waals surface area (Å²) in [6, 6.07) is 0. The number of imidazole rings is 1. The molecular formula is C6H5N3O2. The van der Waals surface area contributed by atoms with Crippen molar-refractivity contribution in [2.75, 3.05) is 0 Å². The molecule has 0 aliphatic heterocycles. The zero-order chi connectivity index (χ0) is 7.84. The fourth-order valence-electron chi connectivity index (χ4n) is 0.866. The van der Waals surface area contributed by atoms with Crippen molar-refractivity contribution >= 4 is 5.65 Å². The van der Waals surface area contributed by atoms with Crippen LogP contribution in [0, 0.1) is 0 Å². The first-order valence-corrected chi connectivity index (χ1v) is 2.98. The molecule has 5 heteroatoms. The van der Waals surface area contributed by atoms with E-state index < -0.39 is 0 Å². The predicted octanol–water partition coefficient (Wildman–Crippen LogP) is 0.140. The summed E-state index contributed by atoms with van der Waals surface area (Å²) < 4.78 is 1.34. The van der Waals surface area contributed by atoms with Gasteiger partial charge < -0.3 is 10.2 Å². The molecule has 0 saturated heterocycles. The Hall–Kier alpha value is -1.78. The van der Waals surface area contributed by atoms with E-state index in [0.717, 1.165) is 0 Å². The maximum atomic E-state index is 9.10. The van der Waals surface area contributed by atoms with Crippen LogP contribution in [0.1, 0.15) is 0 Å². The summed E-state index contributed by atoms with van der Waals surface area (Å²) >= 11 is 0. The summed E-state index contributed by atoms with van der Waals surface area (Å²) in [6.07, 6.45) is 3.95. The summed E-state index contributed by atoms with van der Waals surface area (Å²) in [5.41, 5.74) is 0.500. The Bertz CT molecular complexity index is 396. The average molecular weight is 151 g/mol. The number of aromatic hydroxyl groups is 2. The van der Waals surface area contributed by atoms with Gasteiger partial charge in [-0.3, -0.25) is 4.40 Å². The lowest BCUT2D eigenvalue weighted by Crippen LogP contribution is -1.84. The van der Waals surface area contributed by atoms with Crippen molar-refractivity contribution in [1.82, 2.24) is 14.4 Å². The lowest BCUT2D eigenvalue weighted by molar-refractivity contribution is 0.432. The van der Waals surface area contributed by atoms with Crippen LogP contribution in [0.3, 0.4) is 0 Å². The number of nitrogens with zero attached hydrogens (tertiary/aromatic N) is 3. The molecule has 0 saturated carbocycles. The van der Waals surface area contributed by atoms with E-state index in [2.05, 4.69) is 9.97 Å². The SMILES string of the molecule is Oc1cn2c(O)cnc2cn1. The van der Waals surface area contributed by atoms with Crippen LogP contribution in [0.2, 0.25) is 0 Å². The Morgan fingerprint density at radius 2 is 2.00 bits per heavy atom. The molecule has 2 heterocycles. The molecule has 56 valence electrons. The summed E-state index contributed by atoms with van der Waals surface area (Å²) in [7, 11) is 0. The minimum atomic E-state index is -0.147. The lowest BCUT2D eigenvalue weighted by Gasteiger charge is -1.93. The van der Waals surface area contributed by atoms with Crippen LogP contribution in [-0.4, -0.2) is 24.6 Å². The van der Waals surface area contributed by atoms with E-state index in [9.17, 15) is 0 Å². The van der Waals surface area contributed by atoms with Crippen molar-refractivity contribution in [2.24, 2.45) is 0 Å². The van der Waals surface area contributed by atoms with Crippen LogP contribution in [0.4, 0.5) is 0 Å². The zero-order valence-electron chi connectivity index (χ0n) is 5.47. The molecule has 2 rings (SSSR count). The minimum Gasteiger partial charge on any atom is -0.493 e. The number of hydrogen-bond donors (Lipinski definition) is 2. The molecule has 5 nitrogen and oxygen atoms in total. The van der Waals surface area contributed by atoms with E-state index in [-0.39, 0.29) is 11.8 Å². The first kappa shape index (κ1) is 5.96. The lowest BCUT2D eigenvalue weighted by atomic mass is 10.6. The normalized spacial score (nSPS) is 10.5. The van der Waals surface area contributed by atoms with Crippen LogP contribution in [-0.2, 0) is 0 Å². The molecule has 2 aromatic rings. The Morgan fingerprint density at radius 1 is 1.18 bits per heavy atom. The number of fused-ring (bicyclic) bond motifs is 1. The molecule has 11 heavy (non-hydrogen) atoms. The molecule has 0 bridgehead atoms. The molecular weight excluding hydrogens is 146 g/mol. The van der Waals surface area contributed by atoms with Crippen LogP contribution >= 0.6 is 0 Å². The van der Waals surface area contributed by atoms with E-state index in [1.165, 1.54) is 23.0 Å². The maximum absolute atomic E-state index is 9.10. The van der Waals surface area contributed by atoms with Gasteiger partial charge in [0.2, 0.25) is 11.8 Å². The van der Waals surface area contributed by atoms with E-state index in [0.29, 0.717) is 5.65 Å². The number of hydrogen-bond acceptors (Lipinski definition) is 4. The van der Waals surface area contributed by atoms with Crippen LogP contribution in [0.25, 0.3) is 5.65 Å². The largest absolute Gasteiger partial charge is 0.493 e. The Morgan fingerprint density at radius 3 is 2.82 bits per heavy atom. The third kappa shape index (κ3) is 0.778. The fraction of sp³-hybridized carbons (Fsp3) is 0. The summed E-state index contributed by atoms with van der Waals surface area (Å²) in [4.78, 5) is 7.38. The van der Waals surface area contributed by atoms with Gasteiger partial charge in [-0.25, -0.2) is 9.97 Å². The average Bonchev–Trinajstić information content (AvgIpc) is 2.33. The molecule has 0 fully saturated rings. The molecule has 0 aliphatic rings. The molecule has 0 aromatic carbocycles. The van der Waals surface area contributed by atoms with Crippen molar-refractivity contribution < 1.29 is 10.2 Å². The molecule has 0 radical (unpaired) electrons. The van der Waals surface area contributed by atoms with E-state index in [4.69, 9.17) is 10.2 Å². The first-order chi connectivity index (χ1) is 5.27. The van der Waals surface area contributed by atoms with Crippen LogP contribution in [0.15, 0.2) is 18.6 Å². The van der Waals surface area contributed by atoms with Crippen molar-refractivity contribution in [3.8, 4) is 11.8 Å². The highest BCUT2D eigenvalue weighted by Crippen LogP contribution is 2.13. The molecule has 0 aliphatic carbocycles. The minimum absolute atomic E-state index is 0.0160. The van der Waals surface area contributed by atoms with E-state index in [1.54, 1.807) is 0 Å². The zero-order valence-corrected chi connectivity index (χ0v) is 5.47. The molecule has 0 amide bonds. The smallest absolute Gasteiger partial charge is 0.228 e. The first-order valence-electron chi connectivity index (χ1n) is 2.98. The van der Waals surface area contributed by atoms with E-state index in [1.807, 2.05) is 0 Å². The van der Waals surface area contributed by atoms with Crippen molar-refractivity contribution in [1.29, 1.82) is 0 Å². The predicted molar refractivity (Wildman–Crippen MR) is 36.3 cm³/mol. The number of rotatable bonds is 0. The van der Waals surface area contributed by atoms with Gasteiger partial charge in [0, 0.05) is 0 Å². The topological polar surface area (TPSA) is 70.7 Å². The second kappa shape index (κ2) is 1.85. The molecule has 2 aromatic heterocycles. The standard InChI is InChI=1S/C6H5N3O2/c10-5-3-9-4(1-8-5)7-2-6(9)11/h1-3,10-11H. The van der Waals surface area contributed by atoms with Crippen molar-refractivity contribution in [3.05, 3.63) is 18.6 Å². The van der Waals surface area contributed by atoms with Crippen LogP contribution < -0.4 is 0 Å². The second-order valence-corrected chi connectivity index (χ2v) is 2.09. The quantitative estimate of drug-likeness (QED) is 0.561. The fourth-order valence-corrected chi connectivity index (χ4v) is 0.866. The third-order valence-corrected chi connectivity index (χ3v) is 1.36. The Kier molecular flexibility index (Phi) is 1.00. The van der Waals surface area contributed by atoms with Gasteiger partial charge in [0.25, 0.3) is 0 Å². The highest BCUT2D eigenvalue weighted by Gasteiger charge is 2.00. The van der Waals surface area contributed by atoms with Gasteiger partial charge in [0.05, 0.1) is 18.6 Å². The molecule has 0 unspecified atom stereocenters. The van der Waals surface area contributed by atoms with Gasteiger partial charge >= 0.3 is 0 Å². The Labute approximate surface area is 61.6 Å². The molecule has 0 spiro atoms. The van der Waals surface area contributed by atoms with Gasteiger partial charge in [-0.15, -0.1) is 0 Å². The number of aromatic nitrogens is 3. The van der Waals surface area contributed by atoms with Gasteiger partial charge in [0.15, 0.2) is 5.65 Å². The van der Waals surface area contributed by atoms with Crippen molar-refractivity contribution in [3.63, 3.8) is 0 Å². The van der Waals surface area contributed by atoms with Gasteiger partial charge in [-0.05, 0) is 0 Å². The highest BCUT2D eigenvalue weighted by atomic mass is 16.3. The van der Waals surface area contributed by atoms with Gasteiger partial charge in [-0.1, -0.05) is 0 Å². The monoisotopic (exact) mass is 151 g/mol. The summed E-state index contributed by atoms with van der Waals surface area (Å²) in [5, 5.41) is 18.0. The molecule has 0 atom stereocenters. The second-order valence-electron chi connectivity index (χ2n) is 2.09. The highest BCUT2D eigenvalue weighted by molar-refractivity contribution is 5.40. The maximum Gasteiger partial charge on any atom is 0.228 e. The third-order valence-electron chi connectivity index (χ3n) is 1.36. The Balaban J connectivity index is 2.87. The van der Waals surface area contributed by atoms with Crippen molar-refractivity contribution in [2.45, 2.75) is 0 Å². The summed E-state index contributed by atoms with van der Waals surface area (Å²) in [5.74, 6) is -0.163. The molecule has 2 N–H and O–H groups in total. The summed E-state index contributed by atoms with van der Waals surface area (Å²) in [6.45, 7) is 0.